The fourth-order valence-electron chi connectivity index (χ4n) is 7.74. The third-order valence-corrected chi connectivity index (χ3v) is 11.9. The summed E-state index contributed by atoms with van der Waals surface area (Å²) in [6.45, 7) is 6.41. The smallest absolute Gasteiger partial charge is 0.306 e. The summed E-state index contributed by atoms with van der Waals surface area (Å²) in [6.07, 6.45) is 71.4. The van der Waals surface area contributed by atoms with Crippen LogP contribution < -0.4 is 0 Å². The van der Waals surface area contributed by atoms with E-state index in [1.54, 1.807) is 0 Å². The van der Waals surface area contributed by atoms with Gasteiger partial charge in [0.25, 0.3) is 0 Å². The normalized spacial score (nSPS) is 12.7. The van der Waals surface area contributed by atoms with E-state index in [-0.39, 0.29) is 31.1 Å². The first-order valence-corrected chi connectivity index (χ1v) is 28.1. The second-order valence-corrected chi connectivity index (χ2v) is 18.4. The zero-order chi connectivity index (χ0) is 48.6. The maximum atomic E-state index is 12.8. The van der Waals surface area contributed by atoms with Crippen molar-refractivity contribution in [2.24, 2.45) is 0 Å². The average molecular weight is 933 g/mol. The molecule has 0 aliphatic rings. The zero-order valence-corrected chi connectivity index (χ0v) is 43.9. The molecule has 0 aliphatic carbocycles. The lowest BCUT2D eigenvalue weighted by molar-refractivity contribution is -0.167. The first kappa shape index (κ1) is 63.6. The minimum atomic E-state index is -0.787. The Balaban J connectivity index is 4.41. The van der Waals surface area contributed by atoms with Gasteiger partial charge in [-0.1, -0.05) is 241 Å². The highest BCUT2D eigenvalue weighted by molar-refractivity contribution is 5.71. The van der Waals surface area contributed by atoms with E-state index < -0.39 is 6.10 Å². The molecule has 0 aromatic rings. The zero-order valence-electron chi connectivity index (χ0n) is 43.9. The van der Waals surface area contributed by atoms with E-state index >= 15 is 0 Å². The van der Waals surface area contributed by atoms with Crippen LogP contribution in [-0.2, 0) is 28.6 Å². The lowest BCUT2D eigenvalue weighted by Gasteiger charge is -2.18. The molecule has 1 unspecified atom stereocenters. The van der Waals surface area contributed by atoms with Gasteiger partial charge in [-0.25, -0.2) is 0 Å². The highest BCUT2D eigenvalue weighted by Gasteiger charge is 2.19. The fraction of sp³-hybridized carbons (Fsp3) is 0.721. The Morgan fingerprint density at radius 2 is 0.582 bits per heavy atom. The predicted molar refractivity (Wildman–Crippen MR) is 288 cm³/mol. The number of carbonyl (C=O) groups excluding carboxylic acids is 3. The number of hydrogen-bond acceptors (Lipinski definition) is 6. The van der Waals surface area contributed by atoms with E-state index in [2.05, 4.69) is 106 Å². The van der Waals surface area contributed by atoms with Gasteiger partial charge in [0.15, 0.2) is 6.10 Å². The van der Waals surface area contributed by atoms with Crippen LogP contribution in [0.4, 0.5) is 0 Å². The summed E-state index contributed by atoms with van der Waals surface area (Å²) in [5.41, 5.74) is 0. The van der Waals surface area contributed by atoms with Gasteiger partial charge < -0.3 is 14.2 Å². The molecule has 6 heteroatoms. The van der Waals surface area contributed by atoms with E-state index in [0.717, 1.165) is 116 Å². The topological polar surface area (TPSA) is 78.9 Å². The molecule has 384 valence electrons. The van der Waals surface area contributed by atoms with Gasteiger partial charge in [0.05, 0.1) is 0 Å². The second-order valence-electron chi connectivity index (χ2n) is 18.4. The van der Waals surface area contributed by atoms with Crippen molar-refractivity contribution in [1.82, 2.24) is 0 Å². The molecular weight excluding hydrogens is 829 g/mol. The van der Waals surface area contributed by atoms with Crippen molar-refractivity contribution in [1.29, 1.82) is 0 Å². The monoisotopic (exact) mass is 933 g/mol. The molecule has 0 spiro atoms. The summed E-state index contributed by atoms with van der Waals surface area (Å²) < 4.78 is 16.8. The molecule has 0 aromatic heterocycles. The molecule has 0 aliphatic heterocycles. The molecule has 0 aromatic carbocycles. The lowest BCUT2D eigenvalue weighted by atomic mass is 10.0. The third-order valence-electron chi connectivity index (χ3n) is 11.9. The first-order valence-electron chi connectivity index (χ1n) is 28.1. The van der Waals surface area contributed by atoms with Crippen LogP contribution in [0, 0.1) is 0 Å². The maximum absolute atomic E-state index is 12.8. The number of allylic oxidation sites excluding steroid dienone is 14. The Kier molecular flexibility index (Phi) is 52.4. The van der Waals surface area contributed by atoms with E-state index in [9.17, 15) is 14.4 Å². The van der Waals surface area contributed by atoms with Crippen LogP contribution in [0.25, 0.3) is 0 Å². The molecule has 0 rings (SSSR count). The van der Waals surface area contributed by atoms with Gasteiger partial charge in [-0.15, -0.1) is 0 Å². The number of carbonyl (C=O) groups is 3. The van der Waals surface area contributed by atoms with Crippen molar-refractivity contribution in [3.8, 4) is 0 Å². The van der Waals surface area contributed by atoms with Crippen molar-refractivity contribution in [2.75, 3.05) is 13.2 Å². The van der Waals surface area contributed by atoms with Gasteiger partial charge in [0, 0.05) is 19.3 Å². The molecule has 0 saturated heterocycles. The number of esters is 3. The molecule has 6 nitrogen and oxygen atoms in total. The Morgan fingerprint density at radius 3 is 0.910 bits per heavy atom. The summed E-state index contributed by atoms with van der Waals surface area (Å²) >= 11 is 0. The van der Waals surface area contributed by atoms with Crippen molar-refractivity contribution < 1.29 is 28.6 Å². The minimum absolute atomic E-state index is 0.0836. The highest BCUT2D eigenvalue weighted by Crippen LogP contribution is 2.15. The lowest BCUT2D eigenvalue weighted by Crippen LogP contribution is -2.30. The Bertz CT molecular complexity index is 1300. The van der Waals surface area contributed by atoms with Gasteiger partial charge >= 0.3 is 17.9 Å². The summed E-state index contributed by atoms with van der Waals surface area (Å²) in [6, 6.07) is 0. The highest BCUT2D eigenvalue weighted by atomic mass is 16.6. The van der Waals surface area contributed by atoms with Gasteiger partial charge in [-0.2, -0.15) is 0 Å². The summed E-state index contributed by atoms with van der Waals surface area (Å²) in [5.74, 6) is -0.902. The molecular formula is C61H104O6. The van der Waals surface area contributed by atoms with Crippen LogP contribution in [0.3, 0.4) is 0 Å². The number of rotatable bonds is 50. The van der Waals surface area contributed by atoms with E-state index in [1.807, 2.05) is 0 Å². The molecule has 0 N–H and O–H groups in total. The molecule has 0 bridgehead atoms. The molecule has 0 fully saturated rings. The van der Waals surface area contributed by atoms with Crippen molar-refractivity contribution >= 4 is 17.9 Å². The van der Waals surface area contributed by atoms with Gasteiger partial charge in [0.1, 0.15) is 13.2 Å². The number of hydrogen-bond donors (Lipinski definition) is 0. The SMILES string of the molecule is CC/C=C\C/C=C\C/C=C\C/C=C\CCCCCCCCC(=O)OCC(COC(=O)CCCCCCCCCCCCCCC)OC(=O)CCCCCCCCC/C=C\C/C=C\C/C=C\CC. The summed E-state index contributed by atoms with van der Waals surface area (Å²) in [7, 11) is 0. The van der Waals surface area contributed by atoms with E-state index in [1.165, 1.54) is 109 Å². The van der Waals surface area contributed by atoms with Gasteiger partial charge in [-0.3, -0.25) is 14.4 Å². The van der Waals surface area contributed by atoms with Crippen LogP contribution in [0.15, 0.2) is 85.1 Å². The molecule has 67 heavy (non-hydrogen) atoms. The fourth-order valence-corrected chi connectivity index (χ4v) is 7.74. The van der Waals surface area contributed by atoms with Gasteiger partial charge in [0.2, 0.25) is 0 Å². The van der Waals surface area contributed by atoms with E-state index in [4.69, 9.17) is 14.2 Å². The Hall–Kier alpha value is -3.41. The van der Waals surface area contributed by atoms with Crippen molar-refractivity contribution in [3.63, 3.8) is 0 Å². The van der Waals surface area contributed by atoms with Crippen molar-refractivity contribution in [3.05, 3.63) is 85.1 Å². The van der Waals surface area contributed by atoms with Crippen LogP contribution in [0.5, 0.6) is 0 Å². The largest absolute Gasteiger partial charge is 0.462 e. The van der Waals surface area contributed by atoms with Crippen LogP contribution in [0.1, 0.15) is 265 Å². The average Bonchev–Trinajstić information content (AvgIpc) is 3.33. The van der Waals surface area contributed by atoms with E-state index in [0.29, 0.717) is 19.3 Å². The van der Waals surface area contributed by atoms with Gasteiger partial charge in [-0.05, 0) is 89.9 Å². The Labute approximate surface area is 414 Å². The maximum Gasteiger partial charge on any atom is 0.306 e. The van der Waals surface area contributed by atoms with Crippen molar-refractivity contribution in [2.45, 2.75) is 271 Å². The summed E-state index contributed by atoms with van der Waals surface area (Å²) in [5, 5.41) is 0. The number of unbranched alkanes of at least 4 members (excludes halogenated alkanes) is 25. The molecule has 0 heterocycles. The molecule has 1 atom stereocenters. The minimum Gasteiger partial charge on any atom is -0.462 e. The molecule has 0 amide bonds. The third kappa shape index (κ3) is 53.4. The standard InChI is InChI=1S/C61H104O6/c1-4-7-10-13-16-19-22-25-27-29-30-32-33-36-39-42-45-48-51-54-60(63)66-57-58(56-65-59(62)53-50-47-44-41-38-35-24-21-18-15-12-9-6-3)67-61(64)55-52-49-46-43-40-37-34-31-28-26-23-20-17-14-11-8-5-2/h7-8,10-11,16-17,19-20,25-28,30,32,58H,4-6,9,12-15,18,21-24,29,31,33-57H2,1-3H3/b10-7-,11-8-,19-16-,20-17-,27-25-,28-26-,32-30-. The second kappa shape index (κ2) is 55.2. The summed E-state index contributed by atoms with van der Waals surface area (Å²) in [4.78, 5) is 38.1. The quantitative estimate of drug-likeness (QED) is 0.0262. The van der Waals surface area contributed by atoms with Crippen LogP contribution >= 0.6 is 0 Å². The Morgan fingerprint density at radius 1 is 0.313 bits per heavy atom. The first-order chi connectivity index (χ1) is 33.0. The molecule has 0 saturated carbocycles. The van der Waals surface area contributed by atoms with Crippen LogP contribution in [0.2, 0.25) is 0 Å². The molecule has 0 radical (unpaired) electrons. The van der Waals surface area contributed by atoms with Crippen LogP contribution in [-0.4, -0.2) is 37.2 Å². The predicted octanol–water partition coefficient (Wildman–Crippen LogP) is 18.8. The number of ether oxygens (including phenoxy) is 3.